The van der Waals surface area contributed by atoms with E-state index in [-0.39, 0.29) is 11.2 Å². The molecule has 4 heterocycles. The Morgan fingerprint density at radius 3 is 2.53 bits per heavy atom. The second-order valence-electron chi connectivity index (χ2n) is 11.7. The summed E-state index contributed by atoms with van der Waals surface area (Å²) in [4.78, 5) is 28.0. The van der Waals surface area contributed by atoms with Gasteiger partial charge in [0.05, 0.1) is 30.1 Å². The van der Waals surface area contributed by atoms with E-state index in [1.54, 1.807) is 43.9 Å². The second kappa shape index (κ2) is 13.1. The molecule has 0 aliphatic carbocycles. The van der Waals surface area contributed by atoms with Crippen LogP contribution in [0.5, 0.6) is 23.0 Å². The zero-order valence-electron chi connectivity index (χ0n) is 26.1. The van der Waals surface area contributed by atoms with Crippen molar-refractivity contribution in [2.45, 2.75) is 12.8 Å². The van der Waals surface area contributed by atoms with Crippen LogP contribution in [0.3, 0.4) is 0 Å². The molecule has 1 aliphatic heterocycles. The topological polar surface area (TPSA) is 102 Å². The van der Waals surface area contributed by atoms with Crippen molar-refractivity contribution in [2.75, 3.05) is 39.2 Å². The van der Waals surface area contributed by atoms with Gasteiger partial charge in [-0.25, -0.2) is 9.37 Å². The Morgan fingerprint density at radius 1 is 0.936 bits per heavy atom. The number of aromatic amines is 1. The molecule has 47 heavy (non-hydrogen) atoms. The molecule has 3 aromatic carbocycles. The summed E-state index contributed by atoms with van der Waals surface area (Å²) < 4.78 is 33.4. The van der Waals surface area contributed by atoms with E-state index < -0.39 is 5.82 Å². The standard InChI is InChI=1S/C37H34FN5O4/c1-43-16-12-23(13-17-43)22-46-34-20-30-26(19-33(34)45-2)31(11-15-39-30)47-32-9-8-25(18-28(32)38)42-37-35-29(10-14-40-37)41-21-27(36(35)44)24-6-4-3-5-7-24/h3-11,14-15,18-21,23H,12-13,16-17,22H2,1-2H3,(H,40,42)(H,41,44). The molecule has 0 radical (unpaired) electrons. The number of hydrogen-bond donors (Lipinski definition) is 2. The quantitative estimate of drug-likeness (QED) is 0.169. The highest BCUT2D eigenvalue weighted by Crippen LogP contribution is 2.38. The minimum atomic E-state index is -0.593. The largest absolute Gasteiger partial charge is 0.493 e. The summed E-state index contributed by atoms with van der Waals surface area (Å²) in [6.07, 6.45) is 7.08. The monoisotopic (exact) mass is 631 g/mol. The molecule has 6 aromatic rings. The molecule has 0 saturated carbocycles. The lowest BCUT2D eigenvalue weighted by Crippen LogP contribution is -2.32. The summed E-state index contributed by atoms with van der Waals surface area (Å²) in [6, 6.07) is 21.0. The van der Waals surface area contributed by atoms with Crippen LogP contribution in [-0.4, -0.2) is 53.7 Å². The highest BCUT2D eigenvalue weighted by atomic mass is 19.1. The van der Waals surface area contributed by atoms with Crippen LogP contribution < -0.4 is 25.0 Å². The fourth-order valence-corrected chi connectivity index (χ4v) is 5.93. The molecule has 7 rings (SSSR count). The van der Waals surface area contributed by atoms with Crippen molar-refractivity contribution in [1.29, 1.82) is 0 Å². The maximum Gasteiger partial charge on any atom is 0.200 e. The number of nitrogens with one attached hydrogen (secondary N) is 2. The molecular weight excluding hydrogens is 597 g/mol. The van der Waals surface area contributed by atoms with E-state index in [1.807, 2.05) is 42.5 Å². The molecule has 1 saturated heterocycles. The van der Waals surface area contributed by atoms with Gasteiger partial charge in [0.25, 0.3) is 0 Å². The van der Waals surface area contributed by atoms with Gasteiger partial charge >= 0.3 is 0 Å². The van der Waals surface area contributed by atoms with Gasteiger partial charge < -0.3 is 29.4 Å². The molecule has 2 N–H and O–H groups in total. The van der Waals surface area contributed by atoms with Gasteiger partial charge in [0.2, 0.25) is 5.43 Å². The van der Waals surface area contributed by atoms with Crippen LogP contribution in [0.4, 0.5) is 15.9 Å². The number of aromatic nitrogens is 3. The van der Waals surface area contributed by atoms with Crippen molar-refractivity contribution in [1.82, 2.24) is 19.9 Å². The van der Waals surface area contributed by atoms with Gasteiger partial charge in [-0.2, -0.15) is 0 Å². The number of nitrogens with zero attached hydrogens (tertiary/aromatic N) is 3. The average molecular weight is 632 g/mol. The molecule has 1 fully saturated rings. The third-order valence-corrected chi connectivity index (χ3v) is 8.59. The van der Waals surface area contributed by atoms with Crippen molar-refractivity contribution in [3.8, 4) is 34.1 Å². The minimum Gasteiger partial charge on any atom is -0.493 e. The normalized spacial score (nSPS) is 13.9. The summed E-state index contributed by atoms with van der Waals surface area (Å²) in [5.74, 6) is 1.82. The molecule has 0 amide bonds. The molecular formula is C37H34FN5O4. The van der Waals surface area contributed by atoms with E-state index in [0.717, 1.165) is 31.5 Å². The first kappa shape index (κ1) is 30.2. The van der Waals surface area contributed by atoms with E-state index in [0.29, 0.717) is 68.6 Å². The maximum atomic E-state index is 15.5. The lowest BCUT2D eigenvalue weighted by Gasteiger charge is -2.28. The van der Waals surface area contributed by atoms with E-state index in [9.17, 15) is 4.79 Å². The van der Waals surface area contributed by atoms with Crippen molar-refractivity contribution in [3.05, 3.63) is 107 Å². The van der Waals surface area contributed by atoms with Crippen LogP contribution in [0.1, 0.15) is 12.8 Å². The number of benzene rings is 3. The Kier molecular flexibility index (Phi) is 8.41. The van der Waals surface area contributed by atoms with Gasteiger partial charge in [-0.15, -0.1) is 0 Å². The summed E-state index contributed by atoms with van der Waals surface area (Å²) in [5, 5.41) is 4.15. The van der Waals surface area contributed by atoms with Crippen LogP contribution >= 0.6 is 0 Å². The van der Waals surface area contributed by atoms with E-state index >= 15 is 4.39 Å². The first-order valence-electron chi connectivity index (χ1n) is 15.5. The lowest BCUT2D eigenvalue weighted by atomic mass is 9.98. The van der Waals surface area contributed by atoms with Crippen LogP contribution in [0, 0.1) is 11.7 Å². The number of H-pyrrole nitrogens is 1. The Labute approximate surface area is 271 Å². The van der Waals surface area contributed by atoms with E-state index in [4.69, 9.17) is 14.2 Å². The molecule has 9 nitrogen and oxygen atoms in total. The van der Waals surface area contributed by atoms with Crippen LogP contribution in [0.15, 0.2) is 96.2 Å². The third-order valence-electron chi connectivity index (χ3n) is 8.59. The number of methoxy groups -OCH3 is 1. The Bertz CT molecular complexity index is 2110. The number of rotatable bonds is 9. The minimum absolute atomic E-state index is 0.0275. The molecule has 0 spiro atoms. The molecule has 238 valence electrons. The highest BCUT2D eigenvalue weighted by Gasteiger charge is 2.20. The predicted molar refractivity (Wildman–Crippen MR) is 182 cm³/mol. The number of piperidine rings is 1. The molecule has 0 atom stereocenters. The zero-order chi connectivity index (χ0) is 32.3. The molecule has 3 aromatic heterocycles. The zero-order valence-corrected chi connectivity index (χ0v) is 26.1. The number of likely N-dealkylation sites (tertiary alicyclic amines) is 1. The Balaban J connectivity index is 1.12. The number of halogens is 1. The van der Waals surface area contributed by atoms with Crippen molar-refractivity contribution >= 4 is 33.3 Å². The van der Waals surface area contributed by atoms with Crippen LogP contribution in [0.25, 0.3) is 32.9 Å². The van der Waals surface area contributed by atoms with Gasteiger partial charge in [-0.3, -0.25) is 9.78 Å². The maximum absolute atomic E-state index is 15.5. The summed E-state index contributed by atoms with van der Waals surface area (Å²) in [6.45, 7) is 2.73. The lowest BCUT2D eigenvalue weighted by molar-refractivity contribution is 0.157. The third kappa shape index (κ3) is 6.32. The Morgan fingerprint density at radius 2 is 1.74 bits per heavy atom. The second-order valence-corrected chi connectivity index (χ2v) is 11.7. The van der Waals surface area contributed by atoms with E-state index in [2.05, 4.69) is 32.2 Å². The molecule has 10 heteroatoms. The number of pyridine rings is 3. The van der Waals surface area contributed by atoms with Crippen molar-refractivity contribution in [3.63, 3.8) is 0 Å². The molecule has 0 unspecified atom stereocenters. The van der Waals surface area contributed by atoms with E-state index in [1.165, 1.54) is 12.1 Å². The predicted octanol–water partition coefficient (Wildman–Crippen LogP) is 7.54. The van der Waals surface area contributed by atoms with Gasteiger partial charge in [0, 0.05) is 47.4 Å². The number of ether oxygens (including phenoxy) is 3. The number of hydrogen-bond acceptors (Lipinski definition) is 8. The fraction of sp³-hybridized carbons (Fsp3) is 0.216. The van der Waals surface area contributed by atoms with Crippen molar-refractivity contribution in [2.24, 2.45) is 5.92 Å². The molecule has 0 bridgehead atoms. The number of anilines is 2. The Hall–Kier alpha value is -5.48. The van der Waals surface area contributed by atoms with Crippen molar-refractivity contribution < 1.29 is 18.6 Å². The molecule has 1 aliphatic rings. The van der Waals surface area contributed by atoms with Crippen LogP contribution in [-0.2, 0) is 0 Å². The van der Waals surface area contributed by atoms with Gasteiger partial charge in [0.1, 0.15) is 11.6 Å². The fourth-order valence-electron chi connectivity index (χ4n) is 5.93. The first-order valence-corrected chi connectivity index (χ1v) is 15.5. The number of fused-ring (bicyclic) bond motifs is 2. The average Bonchev–Trinajstić information content (AvgIpc) is 3.09. The summed E-state index contributed by atoms with van der Waals surface area (Å²) >= 11 is 0. The van der Waals surface area contributed by atoms with Gasteiger partial charge in [-0.1, -0.05) is 30.3 Å². The smallest absolute Gasteiger partial charge is 0.200 e. The first-order chi connectivity index (χ1) is 23.0. The highest BCUT2D eigenvalue weighted by molar-refractivity contribution is 5.93. The summed E-state index contributed by atoms with van der Waals surface area (Å²) in [5.41, 5.74) is 2.78. The summed E-state index contributed by atoms with van der Waals surface area (Å²) in [7, 11) is 3.73. The van der Waals surface area contributed by atoms with Gasteiger partial charge in [-0.05, 0) is 74.8 Å². The van der Waals surface area contributed by atoms with Crippen LogP contribution in [0.2, 0.25) is 0 Å². The van der Waals surface area contributed by atoms with Gasteiger partial charge in [0.15, 0.2) is 23.1 Å². The SMILES string of the molecule is COc1cc2c(Oc3ccc(Nc4nccc5[nH]cc(-c6ccccc6)c(=O)c45)cc3F)ccnc2cc1OCC1CCN(C)CC1.